The average molecular weight is 1120 g/mol. The van der Waals surface area contributed by atoms with Crippen molar-refractivity contribution in [2.45, 2.75) is 61.5 Å². The zero-order valence-electron chi connectivity index (χ0n) is 43.4. The van der Waals surface area contributed by atoms with Crippen LogP contribution < -0.4 is 23.7 Å². The minimum atomic E-state index is -4.06. The number of esters is 1. The quantitative estimate of drug-likeness (QED) is 0.0359. The van der Waals surface area contributed by atoms with Crippen molar-refractivity contribution in [3.05, 3.63) is 162 Å². The van der Waals surface area contributed by atoms with E-state index in [2.05, 4.69) is 20.0 Å². The summed E-state index contributed by atoms with van der Waals surface area (Å²) in [6.07, 6.45) is 2.83. The van der Waals surface area contributed by atoms with Gasteiger partial charge in [-0.1, -0.05) is 71.4 Å². The number of fused-ring (bicyclic) bond motifs is 1. The standard InChI is InChI=1S/C57H58N6O12S3/c1-5-72-56(65)42-26-28-62(29-27-42)55(64)53(32-39-8-16-48(17-9-39)73-30-31-75-78(68,69)50-23-6-38(2)7-24-50)63-36-45(60-61-63)37-74-49-22-25-52-54(34-49)76-57(59-52)77(66,67)58-35-44-11-10-43(40-12-18-46(70-3)19-13-40)33-51(44)41-14-20-47(71-4)21-15-41/h6-25,33-34,36,42,53,58H,5,26-32,35,37H2,1-4H3/t53-/m0/s1. The van der Waals surface area contributed by atoms with Gasteiger partial charge >= 0.3 is 5.97 Å². The van der Waals surface area contributed by atoms with E-state index >= 15 is 0 Å². The fourth-order valence-electron chi connectivity index (χ4n) is 8.87. The van der Waals surface area contributed by atoms with Gasteiger partial charge in [0.05, 0.1) is 48.1 Å². The van der Waals surface area contributed by atoms with Crippen molar-refractivity contribution >= 4 is 53.6 Å². The number of hydrogen-bond donors (Lipinski definition) is 1. The molecule has 0 bridgehead atoms. The Hall–Kier alpha value is -7.69. The van der Waals surface area contributed by atoms with Crippen LogP contribution in [0.1, 0.15) is 48.2 Å². The summed E-state index contributed by atoms with van der Waals surface area (Å²) >= 11 is 1.02. The molecule has 6 aromatic carbocycles. The van der Waals surface area contributed by atoms with Gasteiger partial charge in [-0.2, -0.15) is 8.42 Å². The third-order valence-corrected chi connectivity index (χ3v) is 17.3. The van der Waals surface area contributed by atoms with E-state index in [9.17, 15) is 26.4 Å². The predicted molar refractivity (Wildman–Crippen MR) is 293 cm³/mol. The van der Waals surface area contributed by atoms with Gasteiger partial charge in [0.2, 0.25) is 10.2 Å². The normalized spacial score (nSPS) is 13.5. The second-order valence-corrected chi connectivity index (χ2v) is 23.0. The Labute approximate surface area is 457 Å². The van der Waals surface area contributed by atoms with E-state index in [4.69, 9.17) is 27.9 Å². The Balaban J connectivity index is 0.853. The van der Waals surface area contributed by atoms with Gasteiger partial charge in [0.15, 0.2) is 0 Å². The van der Waals surface area contributed by atoms with Crippen molar-refractivity contribution in [1.82, 2.24) is 29.6 Å². The van der Waals surface area contributed by atoms with Gasteiger partial charge < -0.3 is 28.6 Å². The molecule has 406 valence electrons. The Morgan fingerprint density at radius 3 is 2.08 bits per heavy atom. The number of benzene rings is 6. The number of aryl methyl sites for hydroxylation is 1. The van der Waals surface area contributed by atoms with Crippen LogP contribution in [0.4, 0.5) is 0 Å². The number of carbonyl (C=O) groups excluding carboxylic acids is 2. The van der Waals surface area contributed by atoms with Crippen LogP contribution in [0.15, 0.2) is 149 Å². The van der Waals surface area contributed by atoms with Crippen molar-refractivity contribution in [2.24, 2.45) is 5.92 Å². The van der Waals surface area contributed by atoms with E-state index in [1.807, 2.05) is 85.8 Å². The first-order valence-electron chi connectivity index (χ1n) is 25.2. The molecule has 21 heteroatoms. The summed E-state index contributed by atoms with van der Waals surface area (Å²) in [5.41, 5.74) is 7.06. The molecule has 0 radical (unpaired) electrons. The van der Waals surface area contributed by atoms with Gasteiger partial charge in [-0.3, -0.25) is 13.8 Å². The van der Waals surface area contributed by atoms with Gasteiger partial charge in [0.25, 0.3) is 20.1 Å². The van der Waals surface area contributed by atoms with E-state index in [1.165, 1.54) is 16.8 Å². The Morgan fingerprint density at radius 1 is 0.744 bits per heavy atom. The summed E-state index contributed by atoms with van der Waals surface area (Å²) in [6.45, 7) is 4.42. The molecule has 78 heavy (non-hydrogen) atoms. The molecule has 1 atom stereocenters. The van der Waals surface area contributed by atoms with Crippen molar-refractivity contribution in [1.29, 1.82) is 0 Å². The highest BCUT2D eigenvalue weighted by molar-refractivity contribution is 7.91. The van der Waals surface area contributed by atoms with Crippen molar-refractivity contribution in [3.8, 4) is 45.3 Å². The SMILES string of the molecule is CCOC(=O)C1CCN(C(=O)[C@H](Cc2ccc(OCCOS(=O)(=O)c3ccc(C)cc3)cc2)n2cc(COc3ccc4nc(S(=O)(=O)NCc5ccc(-c6ccc(OC)cc6)cc5-c5ccc(OC)cc5)sc4c3)nn2)CC1. The molecular formula is C57H58N6O12S3. The highest BCUT2D eigenvalue weighted by Gasteiger charge is 2.33. The number of likely N-dealkylation sites (tertiary alicyclic amines) is 1. The maximum atomic E-state index is 14.4. The number of piperidine rings is 1. The Bertz CT molecular complexity index is 3580. The molecule has 1 saturated heterocycles. The number of hydrogen-bond acceptors (Lipinski definition) is 16. The molecule has 1 fully saturated rings. The zero-order valence-corrected chi connectivity index (χ0v) is 45.8. The highest BCUT2D eigenvalue weighted by atomic mass is 32.2. The van der Waals surface area contributed by atoms with Crippen molar-refractivity contribution in [2.75, 3.05) is 47.1 Å². The highest BCUT2D eigenvalue weighted by Crippen LogP contribution is 2.34. The number of ether oxygens (including phenoxy) is 5. The second-order valence-electron chi connectivity index (χ2n) is 18.4. The lowest BCUT2D eigenvalue weighted by Crippen LogP contribution is -2.44. The van der Waals surface area contributed by atoms with Crippen molar-refractivity contribution in [3.63, 3.8) is 0 Å². The van der Waals surface area contributed by atoms with Gasteiger partial charge in [-0.05, 0) is 133 Å². The smallest absolute Gasteiger partial charge is 0.309 e. The topological polar surface area (TPSA) is 217 Å². The first kappa shape index (κ1) is 55.1. The number of methoxy groups -OCH3 is 2. The minimum Gasteiger partial charge on any atom is -0.497 e. The number of thiazole rings is 1. The molecule has 0 unspecified atom stereocenters. The van der Waals surface area contributed by atoms with Crippen LogP contribution in [-0.4, -0.2) is 101 Å². The summed E-state index contributed by atoms with van der Waals surface area (Å²) in [6, 6.07) is 39.0. The molecule has 2 aromatic heterocycles. The van der Waals surface area contributed by atoms with Crippen LogP contribution in [0.2, 0.25) is 0 Å². The maximum absolute atomic E-state index is 14.4. The number of amides is 1. The molecule has 3 heterocycles. The molecule has 18 nitrogen and oxygen atoms in total. The average Bonchev–Trinajstić information content (AvgIpc) is 4.14. The van der Waals surface area contributed by atoms with Crippen LogP contribution in [0.5, 0.6) is 23.0 Å². The van der Waals surface area contributed by atoms with Crippen molar-refractivity contribution < 1.29 is 54.3 Å². The Kier molecular flexibility index (Phi) is 17.5. The van der Waals surface area contributed by atoms with E-state index in [-0.39, 0.29) is 66.4 Å². The number of carbonyl (C=O) groups is 2. The van der Waals surface area contributed by atoms with E-state index in [0.29, 0.717) is 59.1 Å². The lowest BCUT2D eigenvalue weighted by atomic mass is 9.94. The molecule has 0 saturated carbocycles. The fraction of sp³-hybridized carbons (Fsp3) is 0.281. The molecule has 9 rings (SSSR count). The summed E-state index contributed by atoms with van der Waals surface area (Å²) in [7, 11) is -4.78. The molecule has 1 N–H and O–H groups in total. The molecule has 8 aromatic rings. The van der Waals surface area contributed by atoms with Crippen LogP contribution in [0.25, 0.3) is 32.5 Å². The fourth-order valence-corrected chi connectivity index (χ4v) is 12.1. The third-order valence-electron chi connectivity index (χ3n) is 13.2. The summed E-state index contributed by atoms with van der Waals surface area (Å²) in [4.78, 5) is 33.1. The summed E-state index contributed by atoms with van der Waals surface area (Å²) in [5.74, 6) is 1.61. The van der Waals surface area contributed by atoms with E-state index < -0.39 is 26.2 Å². The monoisotopic (exact) mass is 1110 g/mol. The van der Waals surface area contributed by atoms with Crippen LogP contribution in [0.3, 0.4) is 0 Å². The van der Waals surface area contributed by atoms with Gasteiger partial charge in [-0.25, -0.2) is 22.8 Å². The molecule has 0 spiro atoms. The number of sulfonamides is 1. The second kappa shape index (κ2) is 24.8. The summed E-state index contributed by atoms with van der Waals surface area (Å²) in [5, 5.41) is 8.73. The van der Waals surface area contributed by atoms with Crippen LogP contribution in [0, 0.1) is 12.8 Å². The molecule has 1 aliphatic rings. The first-order valence-corrected chi connectivity index (χ1v) is 28.9. The first-order chi connectivity index (χ1) is 37.7. The van der Waals surface area contributed by atoms with E-state index in [1.54, 1.807) is 74.7 Å². The van der Waals surface area contributed by atoms with Gasteiger partial charge in [0, 0.05) is 26.1 Å². The maximum Gasteiger partial charge on any atom is 0.309 e. The molecule has 1 amide bonds. The predicted octanol–water partition coefficient (Wildman–Crippen LogP) is 8.97. The zero-order chi connectivity index (χ0) is 54.8. The van der Waals surface area contributed by atoms with E-state index in [0.717, 1.165) is 56.0 Å². The minimum absolute atomic E-state index is 0.00272. The van der Waals surface area contributed by atoms with Gasteiger partial charge in [0.1, 0.15) is 54.6 Å². The van der Waals surface area contributed by atoms with Crippen LogP contribution >= 0.6 is 11.3 Å². The number of aromatic nitrogens is 4. The third kappa shape index (κ3) is 13.5. The number of rotatable bonds is 23. The number of nitrogens with zero attached hydrogens (tertiary/aromatic N) is 5. The summed E-state index contributed by atoms with van der Waals surface area (Å²) < 4.78 is 90.8. The lowest BCUT2D eigenvalue weighted by Gasteiger charge is -2.33. The molecular weight excluding hydrogens is 1060 g/mol. The lowest BCUT2D eigenvalue weighted by molar-refractivity contribution is -0.151. The molecule has 0 aliphatic carbocycles. The largest absolute Gasteiger partial charge is 0.497 e. The van der Waals surface area contributed by atoms with Gasteiger partial charge in [-0.15, -0.1) is 16.4 Å². The Morgan fingerprint density at radius 2 is 1.40 bits per heavy atom. The number of nitrogens with one attached hydrogen (secondary N) is 1. The molecule has 1 aliphatic heterocycles. The van der Waals surface area contributed by atoms with Crippen LogP contribution in [-0.2, 0) is 58.2 Å².